The topological polar surface area (TPSA) is 102 Å². The number of fused-ring (bicyclic) bond motifs is 4. The Morgan fingerprint density at radius 2 is 1.58 bits per heavy atom. The molecule has 0 aliphatic carbocycles. The molecule has 224 valence electrons. The molecule has 5 rings (SSSR count). The van der Waals surface area contributed by atoms with Crippen molar-refractivity contribution < 1.29 is 56.0 Å². The molecule has 0 saturated carbocycles. The van der Waals surface area contributed by atoms with Crippen LogP contribution in [0, 0.1) is 29.1 Å². The van der Waals surface area contributed by atoms with E-state index in [0.717, 1.165) is 0 Å². The lowest BCUT2D eigenvalue weighted by atomic mass is 9.77. The van der Waals surface area contributed by atoms with E-state index in [1.165, 1.54) is 18.2 Å². The number of carbonyl (C=O) groups is 2. The zero-order chi connectivity index (χ0) is 31.2. The third-order valence-electron chi connectivity index (χ3n) is 7.32. The van der Waals surface area contributed by atoms with Crippen LogP contribution in [0.5, 0.6) is 28.7 Å². The summed E-state index contributed by atoms with van der Waals surface area (Å²) in [4.78, 5) is 25.1. The molecular weight excluding hydrogens is 579 g/mol. The minimum atomic E-state index is -2.37. The van der Waals surface area contributed by atoms with Crippen LogP contribution in [-0.4, -0.2) is 22.2 Å². The van der Waals surface area contributed by atoms with Gasteiger partial charge in [-0.05, 0) is 62.4 Å². The van der Waals surface area contributed by atoms with Gasteiger partial charge in [-0.2, -0.15) is 8.78 Å². The Labute approximate surface area is 241 Å². The van der Waals surface area contributed by atoms with E-state index in [1.54, 1.807) is 38.1 Å². The normalized spacial score (nSPS) is 17.2. The van der Waals surface area contributed by atoms with Crippen molar-refractivity contribution in [2.24, 2.45) is 0 Å². The second-order valence-corrected chi connectivity index (χ2v) is 9.95. The number of allylic oxidation sites excluding steroid dienone is 1. The molecule has 2 N–H and O–H groups in total. The first kappa shape index (κ1) is 29.6. The first-order valence-electron chi connectivity index (χ1n) is 13.1. The summed E-state index contributed by atoms with van der Waals surface area (Å²) in [5.41, 5.74) is 0.712. The molecule has 7 nitrogen and oxygen atoms in total. The quantitative estimate of drug-likeness (QED) is 0.0757. The summed E-state index contributed by atoms with van der Waals surface area (Å²) in [7, 11) is 0. The van der Waals surface area contributed by atoms with Crippen LogP contribution in [0.3, 0.4) is 0 Å². The Morgan fingerprint density at radius 1 is 0.930 bits per heavy atom. The summed E-state index contributed by atoms with van der Waals surface area (Å²) in [5, 5.41) is 20.8. The summed E-state index contributed by atoms with van der Waals surface area (Å²) >= 11 is 0. The van der Waals surface area contributed by atoms with Crippen LogP contribution >= 0.6 is 0 Å². The largest absolute Gasteiger partial charge is 0.508 e. The van der Waals surface area contributed by atoms with Crippen molar-refractivity contribution in [1.82, 2.24) is 0 Å². The molecule has 0 fully saturated rings. The zero-order valence-corrected chi connectivity index (χ0v) is 22.7. The molecule has 3 aromatic carbocycles. The van der Waals surface area contributed by atoms with Crippen molar-refractivity contribution in [2.75, 3.05) is 0 Å². The summed E-state index contributed by atoms with van der Waals surface area (Å²) in [5.74, 6) is -14.7. The minimum Gasteiger partial charge on any atom is -0.508 e. The molecular formula is C31H23F5O7. The smallest absolute Gasteiger partial charge is 0.339 e. The second-order valence-electron chi connectivity index (χ2n) is 9.95. The second kappa shape index (κ2) is 11.1. The van der Waals surface area contributed by atoms with E-state index in [2.05, 4.69) is 4.74 Å². The Balaban J connectivity index is 1.38. The van der Waals surface area contributed by atoms with Crippen molar-refractivity contribution >= 4 is 11.9 Å². The van der Waals surface area contributed by atoms with Crippen LogP contribution in [0.25, 0.3) is 0 Å². The van der Waals surface area contributed by atoms with Gasteiger partial charge in [0.05, 0.1) is 5.57 Å². The number of hydrogen-bond acceptors (Lipinski definition) is 7. The van der Waals surface area contributed by atoms with E-state index in [-0.39, 0.29) is 42.3 Å². The third-order valence-corrected chi connectivity index (χ3v) is 7.32. The highest BCUT2D eigenvalue weighted by Crippen LogP contribution is 2.57. The van der Waals surface area contributed by atoms with Crippen molar-refractivity contribution in [3.05, 3.63) is 99.4 Å². The lowest BCUT2D eigenvalue weighted by Crippen LogP contribution is -2.33. The van der Waals surface area contributed by atoms with Gasteiger partial charge in [0.15, 0.2) is 5.60 Å². The number of phenolic OH excluding ortho intramolecular Hbond substituents is 2. The van der Waals surface area contributed by atoms with Crippen molar-refractivity contribution in [3.63, 3.8) is 0 Å². The maximum Gasteiger partial charge on any atom is 0.339 e. The van der Waals surface area contributed by atoms with Crippen LogP contribution in [0.2, 0.25) is 0 Å². The third kappa shape index (κ3) is 4.86. The number of phenols is 2. The van der Waals surface area contributed by atoms with Gasteiger partial charge < -0.3 is 24.4 Å². The standard InChI is InChI=1S/C31H23F5O7/c1-3-6-17-14(2)31(43-30(17)40)18-10-9-16(37)12-21(18)41-22-13-20(38)15(11-19(22)31)7-4-5-8-23(39)42-29-27(35)25(33)24(32)26(34)28(29)36/h3,6,9-13,37-38H,4-5,7-8H2,1-2H3/b6-3-. The average molecular weight is 603 g/mol. The van der Waals surface area contributed by atoms with Crippen molar-refractivity contribution in [1.29, 1.82) is 0 Å². The number of halogens is 5. The fraction of sp³-hybridized carbons (Fsp3) is 0.226. The maximum atomic E-state index is 13.8. The van der Waals surface area contributed by atoms with Crippen molar-refractivity contribution in [2.45, 2.75) is 45.1 Å². The Bertz CT molecular complexity index is 1720. The lowest BCUT2D eigenvalue weighted by Gasteiger charge is -2.37. The summed E-state index contributed by atoms with van der Waals surface area (Å²) in [6.45, 7) is 3.48. The summed E-state index contributed by atoms with van der Waals surface area (Å²) < 4.78 is 84.1. The Hall–Kier alpha value is -4.87. The maximum absolute atomic E-state index is 13.8. The molecule has 0 saturated heterocycles. The van der Waals surface area contributed by atoms with Gasteiger partial charge >= 0.3 is 11.9 Å². The average Bonchev–Trinajstić information content (AvgIpc) is 3.21. The molecule has 1 unspecified atom stereocenters. The first-order chi connectivity index (χ1) is 20.4. The molecule has 2 heterocycles. The highest BCUT2D eigenvalue weighted by Gasteiger charge is 2.53. The monoisotopic (exact) mass is 602 g/mol. The SMILES string of the molecule is C/C=C\C1=C(C)C2(OC1=O)c1ccc(O)cc1Oc1cc(O)c(CCCCC(=O)Oc3c(F)c(F)c(F)c(F)c3F)cc12. The van der Waals surface area contributed by atoms with E-state index in [0.29, 0.717) is 27.8 Å². The number of aromatic hydroxyl groups is 2. The predicted molar refractivity (Wildman–Crippen MR) is 140 cm³/mol. The van der Waals surface area contributed by atoms with Crippen LogP contribution in [-0.2, 0) is 26.3 Å². The summed E-state index contributed by atoms with van der Waals surface area (Å²) in [6.07, 6.45) is 3.35. The number of benzene rings is 3. The van der Waals surface area contributed by atoms with Crippen LogP contribution in [0.4, 0.5) is 22.0 Å². The molecule has 0 aromatic heterocycles. The van der Waals surface area contributed by atoms with Crippen LogP contribution in [0.15, 0.2) is 53.6 Å². The number of unbranched alkanes of at least 4 members (excludes halogenated alkanes) is 1. The predicted octanol–water partition coefficient (Wildman–Crippen LogP) is 6.91. The minimum absolute atomic E-state index is 0.0634. The Morgan fingerprint density at radius 3 is 2.26 bits per heavy atom. The highest BCUT2D eigenvalue weighted by atomic mass is 19.2. The number of rotatable bonds is 7. The first-order valence-corrected chi connectivity index (χ1v) is 13.1. The molecule has 2 aliphatic rings. The van der Waals surface area contributed by atoms with E-state index in [9.17, 15) is 41.8 Å². The van der Waals surface area contributed by atoms with Gasteiger partial charge in [-0.15, -0.1) is 0 Å². The molecule has 43 heavy (non-hydrogen) atoms. The molecule has 0 radical (unpaired) electrons. The van der Waals surface area contributed by atoms with E-state index < -0.39 is 58.8 Å². The molecule has 0 bridgehead atoms. The van der Waals surface area contributed by atoms with Gasteiger partial charge in [0, 0.05) is 29.7 Å². The van der Waals surface area contributed by atoms with Crippen molar-refractivity contribution in [3.8, 4) is 28.7 Å². The Kier molecular flexibility index (Phi) is 7.63. The molecule has 2 aliphatic heterocycles. The van der Waals surface area contributed by atoms with Gasteiger partial charge in [-0.3, -0.25) is 4.79 Å². The molecule has 12 heteroatoms. The van der Waals surface area contributed by atoms with Gasteiger partial charge in [0.25, 0.3) is 0 Å². The number of ether oxygens (including phenoxy) is 3. The number of esters is 2. The molecule has 1 spiro atoms. The number of carbonyl (C=O) groups excluding carboxylic acids is 2. The van der Waals surface area contributed by atoms with Crippen LogP contribution in [0.1, 0.15) is 49.8 Å². The molecule has 0 amide bonds. The van der Waals surface area contributed by atoms with Crippen LogP contribution < -0.4 is 9.47 Å². The number of hydrogen-bond donors (Lipinski definition) is 2. The lowest BCUT2D eigenvalue weighted by molar-refractivity contribution is -0.145. The van der Waals surface area contributed by atoms with Gasteiger partial charge in [0.1, 0.15) is 23.0 Å². The highest BCUT2D eigenvalue weighted by molar-refractivity contribution is 5.97. The van der Waals surface area contributed by atoms with E-state index in [1.807, 2.05) is 0 Å². The summed E-state index contributed by atoms with van der Waals surface area (Å²) in [6, 6.07) is 7.31. The molecule has 1 atom stereocenters. The fourth-order valence-electron chi connectivity index (χ4n) is 5.23. The zero-order valence-electron chi connectivity index (χ0n) is 22.7. The number of aryl methyl sites for hydroxylation is 1. The van der Waals surface area contributed by atoms with Gasteiger partial charge in [-0.1, -0.05) is 12.2 Å². The van der Waals surface area contributed by atoms with E-state index in [4.69, 9.17) is 9.47 Å². The molecule has 3 aromatic rings. The van der Waals surface area contributed by atoms with Gasteiger partial charge in [-0.25, -0.2) is 18.0 Å². The fourth-order valence-corrected chi connectivity index (χ4v) is 5.23. The van der Waals surface area contributed by atoms with Gasteiger partial charge in [0.2, 0.25) is 34.8 Å². The van der Waals surface area contributed by atoms with E-state index >= 15 is 0 Å².